The number of aryl methyl sites for hydroxylation is 3. The SMILES string of the molecule is Cc1cccc(CCC(C)NCc2ccncc2C)c1. The molecule has 1 aromatic heterocycles. The second kappa shape index (κ2) is 7.20. The Morgan fingerprint density at radius 1 is 1.20 bits per heavy atom. The highest BCUT2D eigenvalue weighted by atomic mass is 14.9. The molecule has 2 heteroatoms. The van der Waals surface area contributed by atoms with E-state index >= 15 is 0 Å². The van der Waals surface area contributed by atoms with Crippen molar-refractivity contribution < 1.29 is 0 Å². The standard InChI is InChI=1S/C18H24N2/c1-14-5-4-6-17(11-14)8-7-16(3)20-13-18-9-10-19-12-15(18)2/h4-6,9-12,16,20H,7-8,13H2,1-3H3. The van der Waals surface area contributed by atoms with Gasteiger partial charge < -0.3 is 5.32 Å². The molecule has 1 N–H and O–H groups in total. The number of aromatic nitrogens is 1. The number of nitrogens with zero attached hydrogens (tertiary/aromatic N) is 1. The Hall–Kier alpha value is -1.67. The van der Waals surface area contributed by atoms with Crippen LogP contribution >= 0.6 is 0 Å². The van der Waals surface area contributed by atoms with Gasteiger partial charge in [0.05, 0.1) is 0 Å². The summed E-state index contributed by atoms with van der Waals surface area (Å²) in [6, 6.07) is 11.4. The van der Waals surface area contributed by atoms with Gasteiger partial charge in [-0.1, -0.05) is 29.8 Å². The zero-order valence-corrected chi connectivity index (χ0v) is 12.7. The van der Waals surface area contributed by atoms with E-state index in [1.54, 1.807) is 0 Å². The van der Waals surface area contributed by atoms with Gasteiger partial charge in [-0.2, -0.15) is 0 Å². The average molecular weight is 268 g/mol. The summed E-state index contributed by atoms with van der Waals surface area (Å²) >= 11 is 0. The molecule has 2 aromatic rings. The van der Waals surface area contributed by atoms with Gasteiger partial charge in [-0.05, 0) is 56.4 Å². The van der Waals surface area contributed by atoms with Gasteiger partial charge in [0, 0.05) is 25.0 Å². The van der Waals surface area contributed by atoms with Crippen LogP contribution < -0.4 is 5.32 Å². The summed E-state index contributed by atoms with van der Waals surface area (Å²) in [6.07, 6.45) is 6.08. The molecular formula is C18H24N2. The molecule has 1 unspecified atom stereocenters. The van der Waals surface area contributed by atoms with Crippen LogP contribution in [0.4, 0.5) is 0 Å². The Balaban J connectivity index is 1.78. The van der Waals surface area contributed by atoms with Gasteiger partial charge in [0.2, 0.25) is 0 Å². The fourth-order valence-corrected chi connectivity index (χ4v) is 2.34. The normalized spacial score (nSPS) is 12.3. The first kappa shape index (κ1) is 14.7. The Kier molecular flexibility index (Phi) is 5.31. The number of nitrogens with one attached hydrogen (secondary N) is 1. The minimum absolute atomic E-state index is 0.517. The summed E-state index contributed by atoms with van der Waals surface area (Å²) in [5.41, 5.74) is 5.36. The number of pyridine rings is 1. The molecule has 0 bridgehead atoms. The Bertz CT molecular complexity index is 549. The van der Waals surface area contributed by atoms with E-state index in [0.29, 0.717) is 6.04 Å². The van der Waals surface area contributed by atoms with Crippen molar-refractivity contribution in [1.29, 1.82) is 0 Å². The third kappa shape index (κ3) is 4.46. The maximum absolute atomic E-state index is 4.13. The molecule has 106 valence electrons. The summed E-state index contributed by atoms with van der Waals surface area (Å²) in [7, 11) is 0. The van der Waals surface area contributed by atoms with E-state index in [9.17, 15) is 0 Å². The third-order valence-corrected chi connectivity index (χ3v) is 3.73. The van der Waals surface area contributed by atoms with Gasteiger partial charge in [-0.15, -0.1) is 0 Å². The van der Waals surface area contributed by atoms with Crippen LogP contribution in [0.3, 0.4) is 0 Å². The van der Waals surface area contributed by atoms with Gasteiger partial charge >= 0.3 is 0 Å². The fourth-order valence-electron chi connectivity index (χ4n) is 2.34. The van der Waals surface area contributed by atoms with Crippen molar-refractivity contribution >= 4 is 0 Å². The van der Waals surface area contributed by atoms with Crippen molar-refractivity contribution in [2.75, 3.05) is 0 Å². The number of hydrogen-bond acceptors (Lipinski definition) is 2. The first-order valence-corrected chi connectivity index (χ1v) is 7.33. The number of hydrogen-bond donors (Lipinski definition) is 1. The molecular weight excluding hydrogens is 244 g/mol. The molecule has 0 radical (unpaired) electrons. The van der Waals surface area contributed by atoms with Crippen molar-refractivity contribution in [2.45, 2.75) is 46.2 Å². The molecule has 1 aromatic carbocycles. The first-order chi connectivity index (χ1) is 9.65. The average Bonchev–Trinajstić information content (AvgIpc) is 2.44. The van der Waals surface area contributed by atoms with Gasteiger partial charge in [0.1, 0.15) is 0 Å². The Morgan fingerprint density at radius 2 is 2.05 bits per heavy atom. The van der Waals surface area contributed by atoms with Crippen molar-refractivity contribution in [3.05, 3.63) is 65.0 Å². The van der Waals surface area contributed by atoms with Gasteiger partial charge in [-0.3, -0.25) is 4.98 Å². The summed E-state index contributed by atoms with van der Waals surface area (Å²) in [5.74, 6) is 0. The van der Waals surface area contributed by atoms with Crippen LogP contribution in [0.2, 0.25) is 0 Å². The van der Waals surface area contributed by atoms with Crippen LogP contribution in [0.1, 0.15) is 35.6 Å². The van der Waals surface area contributed by atoms with E-state index in [1.807, 2.05) is 12.4 Å². The lowest BCUT2D eigenvalue weighted by Gasteiger charge is -2.15. The zero-order chi connectivity index (χ0) is 14.4. The smallest absolute Gasteiger partial charge is 0.0300 e. The maximum Gasteiger partial charge on any atom is 0.0300 e. The van der Waals surface area contributed by atoms with Crippen molar-refractivity contribution in [1.82, 2.24) is 10.3 Å². The van der Waals surface area contributed by atoms with Gasteiger partial charge in [0.25, 0.3) is 0 Å². The fraction of sp³-hybridized carbons (Fsp3) is 0.389. The summed E-state index contributed by atoms with van der Waals surface area (Å²) in [6.45, 7) is 7.44. The molecule has 0 aliphatic carbocycles. The highest BCUT2D eigenvalue weighted by molar-refractivity contribution is 5.23. The molecule has 0 saturated carbocycles. The first-order valence-electron chi connectivity index (χ1n) is 7.33. The molecule has 0 saturated heterocycles. The second-order valence-electron chi connectivity index (χ2n) is 5.61. The molecule has 0 fully saturated rings. The highest BCUT2D eigenvalue weighted by Gasteiger charge is 2.04. The molecule has 1 heterocycles. The predicted octanol–water partition coefficient (Wildman–Crippen LogP) is 3.81. The van der Waals surface area contributed by atoms with E-state index < -0.39 is 0 Å². The van der Waals surface area contributed by atoms with Crippen LogP contribution in [-0.2, 0) is 13.0 Å². The minimum Gasteiger partial charge on any atom is -0.310 e. The van der Waals surface area contributed by atoms with Gasteiger partial charge in [-0.25, -0.2) is 0 Å². The molecule has 0 spiro atoms. The quantitative estimate of drug-likeness (QED) is 0.861. The lowest BCUT2D eigenvalue weighted by Crippen LogP contribution is -2.26. The van der Waals surface area contributed by atoms with Crippen molar-refractivity contribution in [2.24, 2.45) is 0 Å². The van der Waals surface area contributed by atoms with E-state index in [2.05, 4.69) is 61.4 Å². The predicted molar refractivity (Wildman–Crippen MR) is 84.8 cm³/mol. The lowest BCUT2D eigenvalue weighted by atomic mass is 10.0. The molecule has 20 heavy (non-hydrogen) atoms. The monoisotopic (exact) mass is 268 g/mol. The van der Waals surface area contributed by atoms with Gasteiger partial charge in [0.15, 0.2) is 0 Å². The lowest BCUT2D eigenvalue weighted by molar-refractivity contribution is 0.513. The van der Waals surface area contributed by atoms with E-state index in [0.717, 1.165) is 19.4 Å². The Morgan fingerprint density at radius 3 is 2.80 bits per heavy atom. The van der Waals surface area contributed by atoms with Crippen LogP contribution in [0.25, 0.3) is 0 Å². The van der Waals surface area contributed by atoms with E-state index in [1.165, 1.54) is 22.3 Å². The summed E-state index contributed by atoms with van der Waals surface area (Å²) in [4.78, 5) is 4.13. The van der Waals surface area contributed by atoms with Crippen LogP contribution in [-0.4, -0.2) is 11.0 Å². The minimum atomic E-state index is 0.517. The molecule has 2 rings (SSSR count). The third-order valence-electron chi connectivity index (χ3n) is 3.73. The molecule has 0 aliphatic heterocycles. The molecule has 2 nitrogen and oxygen atoms in total. The maximum atomic E-state index is 4.13. The molecule has 1 atom stereocenters. The molecule has 0 aliphatic rings. The Labute approximate surface area is 122 Å². The second-order valence-corrected chi connectivity index (χ2v) is 5.61. The van der Waals surface area contributed by atoms with Crippen LogP contribution in [0.15, 0.2) is 42.7 Å². The van der Waals surface area contributed by atoms with Crippen LogP contribution in [0.5, 0.6) is 0 Å². The van der Waals surface area contributed by atoms with E-state index in [4.69, 9.17) is 0 Å². The molecule has 0 amide bonds. The topological polar surface area (TPSA) is 24.9 Å². The van der Waals surface area contributed by atoms with E-state index in [-0.39, 0.29) is 0 Å². The largest absolute Gasteiger partial charge is 0.310 e. The number of rotatable bonds is 6. The number of benzene rings is 1. The van der Waals surface area contributed by atoms with Crippen LogP contribution in [0, 0.1) is 13.8 Å². The zero-order valence-electron chi connectivity index (χ0n) is 12.7. The summed E-state index contributed by atoms with van der Waals surface area (Å²) in [5, 5.41) is 3.60. The highest BCUT2D eigenvalue weighted by Crippen LogP contribution is 2.09. The van der Waals surface area contributed by atoms with Crippen molar-refractivity contribution in [3.8, 4) is 0 Å². The summed E-state index contributed by atoms with van der Waals surface area (Å²) < 4.78 is 0. The van der Waals surface area contributed by atoms with Crippen molar-refractivity contribution in [3.63, 3.8) is 0 Å².